The minimum absolute atomic E-state index is 0.0191. The van der Waals surface area contributed by atoms with Gasteiger partial charge in [-0.3, -0.25) is 4.79 Å². The third-order valence-corrected chi connectivity index (χ3v) is 3.76. The molecule has 0 saturated carbocycles. The Morgan fingerprint density at radius 3 is 2.41 bits per heavy atom. The number of rotatable bonds is 5. The van der Waals surface area contributed by atoms with Crippen molar-refractivity contribution >= 4 is 23.1 Å². The molecule has 0 amide bonds. The van der Waals surface area contributed by atoms with Gasteiger partial charge in [0.15, 0.2) is 5.78 Å². The number of nitrogens with one attached hydrogen (secondary N) is 1. The lowest BCUT2D eigenvalue weighted by molar-refractivity contribution is 0.104. The van der Waals surface area contributed by atoms with Crippen molar-refractivity contribution in [1.82, 2.24) is 0 Å². The second-order valence-electron chi connectivity index (χ2n) is 5.58. The summed E-state index contributed by atoms with van der Waals surface area (Å²) in [6, 6.07) is 13.3. The average Bonchev–Trinajstić information content (AvgIpc) is 2.49. The zero-order chi connectivity index (χ0) is 16.1. The Morgan fingerprint density at radius 1 is 1.14 bits per heavy atom. The van der Waals surface area contributed by atoms with Crippen molar-refractivity contribution in [2.24, 2.45) is 0 Å². The van der Waals surface area contributed by atoms with Crippen LogP contribution in [0, 0.1) is 6.92 Å². The van der Waals surface area contributed by atoms with Crippen LogP contribution in [0.1, 0.15) is 41.3 Å². The van der Waals surface area contributed by atoms with Crippen LogP contribution in [0.5, 0.6) is 0 Å². The van der Waals surface area contributed by atoms with Crippen molar-refractivity contribution in [2.45, 2.75) is 26.7 Å². The molecule has 0 atom stereocenters. The van der Waals surface area contributed by atoms with Gasteiger partial charge in [-0.2, -0.15) is 0 Å². The van der Waals surface area contributed by atoms with Crippen LogP contribution in [0.2, 0.25) is 5.02 Å². The van der Waals surface area contributed by atoms with Gasteiger partial charge in [0, 0.05) is 28.5 Å². The number of benzene rings is 2. The van der Waals surface area contributed by atoms with E-state index >= 15 is 0 Å². The Hall–Kier alpha value is -2.06. The number of aryl methyl sites for hydroxylation is 1. The number of allylic oxidation sites excluding steroid dienone is 1. The molecule has 0 aliphatic rings. The molecule has 22 heavy (non-hydrogen) atoms. The zero-order valence-corrected chi connectivity index (χ0v) is 13.8. The van der Waals surface area contributed by atoms with Crippen molar-refractivity contribution in [3.63, 3.8) is 0 Å². The summed E-state index contributed by atoms with van der Waals surface area (Å²) in [5.74, 6) is 0.448. The number of hydrogen-bond acceptors (Lipinski definition) is 2. The van der Waals surface area contributed by atoms with E-state index in [9.17, 15) is 4.79 Å². The number of carbonyl (C=O) groups is 1. The van der Waals surface area contributed by atoms with Gasteiger partial charge in [0.05, 0.1) is 0 Å². The van der Waals surface area contributed by atoms with Crippen molar-refractivity contribution in [1.29, 1.82) is 0 Å². The first-order chi connectivity index (χ1) is 10.5. The van der Waals surface area contributed by atoms with E-state index in [1.54, 1.807) is 12.3 Å². The molecule has 0 unspecified atom stereocenters. The van der Waals surface area contributed by atoms with Gasteiger partial charge in [-0.15, -0.1) is 0 Å². The first-order valence-electron chi connectivity index (χ1n) is 7.31. The van der Waals surface area contributed by atoms with E-state index in [2.05, 4.69) is 19.2 Å². The van der Waals surface area contributed by atoms with Crippen LogP contribution in [-0.2, 0) is 0 Å². The maximum absolute atomic E-state index is 12.1. The summed E-state index contributed by atoms with van der Waals surface area (Å²) >= 11 is 5.92. The van der Waals surface area contributed by atoms with E-state index in [-0.39, 0.29) is 5.78 Å². The van der Waals surface area contributed by atoms with Crippen LogP contribution in [0.3, 0.4) is 0 Å². The molecule has 0 spiro atoms. The minimum Gasteiger partial charge on any atom is -0.361 e. The lowest BCUT2D eigenvalue weighted by atomic mass is 10.0. The molecule has 0 aliphatic heterocycles. The van der Waals surface area contributed by atoms with E-state index in [0.29, 0.717) is 16.5 Å². The van der Waals surface area contributed by atoms with Gasteiger partial charge in [-0.05, 0) is 42.2 Å². The Morgan fingerprint density at radius 2 is 1.82 bits per heavy atom. The second-order valence-corrected chi connectivity index (χ2v) is 6.01. The van der Waals surface area contributed by atoms with Crippen molar-refractivity contribution in [3.8, 4) is 0 Å². The first kappa shape index (κ1) is 16.3. The maximum atomic E-state index is 12.1. The molecule has 0 fully saturated rings. The molecule has 0 heterocycles. The lowest BCUT2D eigenvalue weighted by Crippen LogP contribution is -1.98. The number of halogens is 1. The molecule has 0 saturated heterocycles. The van der Waals surface area contributed by atoms with Crippen molar-refractivity contribution in [2.75, 3.05) is 5.32 Å². The molecule has 3 heteroatoms. The Labute approximate surface area is 136 Å². The second kappa shape index (κ2) is 7.28. The van der Waals surface area contributed by atoms with Crippen LogP contribution in [0.25, 0.3) is 0 Å². The monoisotopic (exact) mass is 313 g/mol. The molecule has 114 valence electrons. The molecule has 2 aromatic carbocycles. The highest BCUT2D eigenvalue weighted by molar-refractivity contribution is 6.30. The van der Waals surface area contributed by atoms with Gasteiger partial charge in [-0.25, -0.2) is 0 Å². The Balaban J connectivity index is 2.02. The summed E-state index contributed by atoms with van der Waals surface area (Å²) < 4.78 is 0. The lowest BCUT2D eigenvalue weighted by Gasteiger charge is -2.06. The fourth-order valence-corrected chi connectivity index (χ4v) is 2.35. The first-order valence-corrected chi connectivity index (χ1v) is 7.68. The fraction of sp³-hybridized carbons (Fsp3) is 0.211. The van der Waals surface area contributed by atoms with Gasteiger partial charge in [0.1, 0.15) is 0 Å². The van der Waals surface area contributed by atoms with Gasteiger partial charge >= 0.3 is 0 Å². The van der Waals surface area contributed by atoms with Crippen molar-refractivity contribution < 1.29 is 4.79 Å². The predicted octanol–water partition coefficient (Wildman–Crippen LogP) is 5.58. The van der Waals surface area contributed by atoms with E-state index in [1.807, 2.05) is 49.4 Å². The molecule has 2 nitrogen and oxygen atoms in total. The van der Waals surface area contributed by atoms with Gasteiger partial charge < -0.3 is 5.32 Å². The summed E-state index contributed by atoms with van der Waals surface area (Å²) in [7, 11) is 0. The highest BCUT2D eigenvalue weighted by Crippen LogP contribution is 2.19. The van der Waals surface area contributed by atoms with Gasteiger partial charge in [-0.1, -0.05) is 49.7 Å². The highest BCUT2D eigenvalue weighted by Gasteiger charge is 2.03. The molecule has 1 N–H and O–H groups in total. The average molecular weight is 314 g/mol. The molecule has 0 bridgehead atoms. The summed E-state index contributed by atoms with van der Waals surface area (Å²) in [5, 5.41) is 3.81. The SMILES string of the molecule is Cc1cc(Cl)ccc1N/C=C/C(=O)c1ccc(C(C)C)cc1. The molecule has 2 aromatic rings. The van der Waals surface area contributed by atoms with Crippen LogP contribution in [0.15, 0.2) is 54.7 Å². The zero-order valence-electron chi connectivity index (χ0n) is 13.1. The highest BCUT2D eigenvalue weighted by atomic mass is 35.5. The van der Waals surface area contributed by atoms with Gasteiger partial charge in [0.2, 0.25) is 0 Å². The predicted molar refractivity (Wildman–Crippen MR) is 93.8 cm³/mol. The molecular formula is C19H20ClNO. The normalized spacial score (nSPS) is 11.1. The molecule has 0 radical (unpaired) electrons. The summed E-state index contributed by atoms with van der Waals surface area (Å²) in [6.07, 6.45) is 3.20. The Kier molecular flexibility index (Phi) is 5.40. The summed E-state index contributed by atoms with van der Waals surface area (Å²) in [6.45, 7) is 6.23. The van der Waals surface area contributed by atoms with Crippen molar-refractivity contribution in [3.05, 3.63) is 76.5 Å². The molecule has 2 rings (SSSR count). The molecule has 0 aliphatic carbocycles. The van der Waals surface area contributed by atoms with E-state index in [4.69, 9.17) is 11.6 Å². The largest absolute Gasteiger partial charge is 0.361 e. The maximum Gasteiger partial charge on any atom is 0.187 e. The quantitative estimate of drug-likeness (QED) is 0.576. The van der Waals surface area contributed by atoms with E-state index < -0.39 is 0 Å². The minimum atomic E-state index is -0.0191. The van der Waals surface area contributed by atoms with Crippen LogP contribution in [0.4, 0.5) is 5.69 Å². The Bertz CT molecular complexity index is 687. The van der Waals surface area contributed by atoms with Crippen LogP contribution in [-0.4, -0.2) is 5.78 Å². The third-order valence-electron chi connectivity index (χ3n) is 3.52. The number of anilines is 1. The number of carbonyl (C=O) groups excluding carboxylic acids is 1. The smallest absolute Gasteiger partial charge is 0.187 e. The fourth-order valence-electron chi connectivity index (χ4n) is 2.12. The van der Waals surface area contributed by atoms with E-state index in [0.717, 1.165) is 11.3 Å². The van der Waals surface area contributed by atoms with Crippen LogP contribution < -0.4 is 5.32 Å². The van der Waals surface area contributed by atoms with Crippen LogP contribution >= 0.6 is 11.6 Å². The topological polar surface area (TPSA) is 29.1 Å². The summed E-state index contributed by atoms with van der Waals surface area (Å²) in [4.78, 5) is 12.1. The summed E-state index contributed by atoms with van der Waals surface area (Å²) in [5.41, 5.74) is 3.89. The number of ketones is 1. The molecular weight excluding hydrogens is 294 g/mol. The third kappa shape index (κ3) is 4.22. The standard InChI is InChI=1S/C19H20ClNO/c1-13(2)15-4-6-16(7-5-15)19(22)10-11-21-18-9-8-17(20)12-14(18)3/h4-13,21H,1-3H3/b11-10+. The van der Waals surface area contributed by atoms with E-state index in [1.165, 1.54) is 5.56 Å². The molecule has 0 aromatic heterocycles. The number of hydrogen-bond donors (Lipinski definition) is 1. The van der Waals surface area contributed by atoms with Gasteiger partial charge in [0.25, 0.3) is 0 Å².